The lowest BCUT2D eigenvalue weighted by Gasteiger charge is -2.41. The van der Waals surface area contributed by atoms with Crippen LogP contribution in [0.5, 0.6) is 0 Å². The van der Waals surface area contributed by atoms with Gasteiger partial charge < -0.3 is 14.6 Å². The van der Waals surface area contributed by atoms with E-state index in [1.807, 2.05) is 0 Å². The van der Waals surface area contributed by atoms with Gasteiger partial charge >= 0.3 is 12.1 Å². The van der Waals surface area contributed by atoms with Gasteiger partial charge in [-0.2, -0.15) is 0 Å². The molecular weight excluding hydrogens is 214 g/mol. The Hall–Kier alpha value is -1.30. The fourth-order valence-corrected chi connectivity index (χ4v) is 1.36. The number of ether oxygens (including phenoxy) is 2. The Morgan fingerprint density at radius 1 is 1.50 bits per heavy atom. The van der Waals surface area contributed by atoms with Crippen molar-refractivity contribution in [3.63, 3.8) is 0 Å². The molecule has 0 bridgehead atoms. The van der Waals surface area contributed by atoms with E-state index in [0.717, 1.165) is 0 Å². The van der Waals surface area contributed by atoms with Crippen LogP contribution in [0.3, 0.4) is 0 Å². The van der Waals surface area contributed by atoms with E-state index in [-0.39, 0.29) is 6.42 Å². The number of carbonyl (C=O) groups is 2. The van der Waals surface area contributed by atoms with E-state index < -0.39 is 23.4 Å². The number of carboxylic acids is 1. The zero-order valence-corrected chi connectivity index (χ0v) is 9.70. The summed E-state index contributed by atoms with van der Waals surface area (Å²) in [5, 5.41) is 11.1. The summed E-state index contributed by atoms with van der Waals surface area (Å²) in [6, 6.07) is 0. The van der Waals surface area contributed by atoms with Crippen LogP contribution in [0.15, 0.2) is 0 Å². The molecule has 1 saturated heterocycles. The van der Waals surface area contributed by atoms with Gasteiger partial charge in [0.25, 0.3) is 0 Å². The maximum absolute atomic E-state index is 11.4. The molecule has 1 atom stereocenters. The summed E-state index contributed by atoms with van der Waals surface area (Å²) in [6.07, 6.45) is -0.432. The molecule has 6 heteroatoms. The summed E-state index contributed by atoms with van der Waals surface area (Å²) in [5.74, 6) is -1.02. The van der Waals surface area contributed by atoms with Crippen LogP contribution >= 0.6 is 0 Å². The zero-order chi connectivity index (χ0) is 12.4. The number of aliphatic carboxylic acids is 1. The number of nitrogens with one attached hydrogen (secondary N) is 1. The molecule has 1 aliphatic heterocycles. The summed E-state index contributed by atoms with van der Waals surface area (Å²) < 4.78 is 10.1. The van der Waals surface area contributed by atoms with Gasteiger partial charge in [0.2, 0.25) is 0 Å². The Morgan fingerprint density at radius 3 is 2.38 bits per heavy atom. The van der Waals surface area contributed by atoms with E-state index in [0.29, 0.717) is 13.0 Å². The molecule has 6 nitrogen and oxygen atoms in total. The molecule has 1 aliphatic rings. The molecule has 0 aromatic heterocycles. The first-order valence-electron chi connectivity index (χ1n) is 5.09. The predicted octanol–water partition coefficient (Wildman–Crippen LogP) is 1.10. The Morgan fingerprint density at radius 2 is 2.06 bits per heavy atom. The molecule has 1 amide bonds. The second-order valence-corrected chi connectivity index (χ2v) is 4.79. The predicted molar refractivity (Wildman–Crippen MR) is 54.9 cm³/mol. The maximum atomic E-state index is 11.4. The molecule has 92 valence electrons. The molecule has 16 heavy (non-hydrogen) atoms. The second kappa shape index (κ2) is 4.29. The molecular formula is C10H17NO5. The average molecular weight is 231 g/mol. The van der Waals surface area contributed by atoms with Crippen LogP contribution in [0.2, 0.25) is 0 Å². The van der Waals surface area contributed by atoms with Gasteiger partial charge in [0, 0.05) is 6.42 Å². The van der Waals surface area contributed by atoms with Crippen molar-refractivity contribution in [3.8, 4) is 0 Å². The van der Waals surface area contributed by atoms with Gasteiger partial charge in [0.05, 0.1) is 13.0 Å². The van der Waals surface area contributed by atoms with E-state index in [1.165, 1.54) is 0 Å². The van der Waals surface area contributed by atoms with Gasteiger partial charge in [-0.1, -0.05) is 0 Å². The smallest absolute Gasteiger partial charge is 0.409 e. The Labute approximate surface area is 93.9 Å². The molecule has 0 aromatic carbocycles. The lowest BCUT2D eigenvalue weighted by Crippen LogP contribution is -2.59. The third kappa shape index (κ3) is 3.69. The Bertz CT molecular complexity index is 290. The van der Waals surface area contributed by atoms with Gasteiger partial charge in [-0.15, -0.1) is 0 Å². The molecule has 0 aliphatic carbocycles. The van der Waals surface area contributed by atoms with Gasteiger partial charge in [0.1, 0.15) is 5.60 Å². The van der Waals surface area contributed by atoms with E-state index >= 15 is 0 Å². The molecule has 1 rings (SSSR count). The highest BCUT2D eigenvalue weighted by molar-refractivity contribution is 5.72. The number of carboxylic acid groups (broad SMARTS) is 1. The molecule has 1 fully saturated rings. The highest BCUT2D eigenvalue weighted by atomic mass is 16.6. The summed E-state index contributed by atoms with van der Waals surface area (Å²) >= 11 is 0. The third-order valence-corrected chi connectivity index (χ3v) is 2.05. The fraction of sp³-hybridized carbons (Fsp3) is 0.800. The maximum Gasteiger partial charge on any atom is 0.409 e. The van der Waals surface area contributed by atoms with E-state index in [9.17, 15) is 9.59 Å². The lowest BCUT2D eigenvalue weighted by molar-refractivity contribution is -0.181. The summed E-state index contributed by atoms with van der Waals surface area (Å²) in [7, 11) is 0. The lowest BCUT2D eigenvalue weighted by atomic mass is 10.0. The Balaban J connectivity index is 2.50. The number of amides is 1. The minimum absolute atomic E-state index is 0.258. The minimum Gasteiger partial charge on any atom is -0.481 e. The van der Waals surface area contributed by atoms with Crippen molar-refractivity contribution in [1.82, 2.24) is 5.32 Å². The van der Waals surface area contributed by atoms with Crippen LogP contribution in [0.25, 0.3) is 0 Å². The molecule has 0 spiro atoms. The van der Waals surface area contributed by atoms with Gasteiger partial charge in [-0.05, 0) is 20.8 Å². The van der Waals surface area contributed by atoms with Gasteiger partial charge in [-0.25, -0.2) is 4.79 Å². The quantitative estimate of drug-likeness (QED) is 0.759. The highest BCUT2D eigenvalue weighted by Gasteiger charge is 2.43. The number of rotatable bonds is 3. The molecule has 0 saturated carbocycles. The summed E-state index contributed by atoms with van der Waals surface area (Å²) in [4.78, 5) is 22.0. The van der Waals surface area contributed by atoms with Crippen LogP contribution in [0, 0.1) is 0 Å². The summed E-state index contributed by atoms with van der Waals surface area (Å²) in [5.41, 5.74) is -1.70. The first kappa shape index (κ1) is 12.8. The highest BCUT2D eigenvalue weighted by Crippen LogP contribution is 2.27. The standard InChI is InChI=1S/C10H17NO5/c1-9(2,3)16-8(14)11-10(4-5-15-10)6-7(12)13/h4-6H2,1-3H3,(H,11,14)(H,12,13)/t10-/m0/s1. The van der Waals surface area contributed by atoms with Crippen LogP contribution in [-0.2, 0) is 14.3 Å². The molecule has 1 heterocycles. The van der Waals surface area contributed by atoms with E-state index in [4.69, 9.17) is 14.6 Å². The average Bonchev–Trinajstić information content (AvgIpc) is 1.95. The second-order valence-electron chi connectivity index (χ2n) is 4.79. The third-order valence-electron chi connectivity index (χ3n) is 2.05. The monoisotopic (exact) mass is 231 g/mol. The van der Waals surface area contributed by atoms with Crippen molar-refractivity contribution in [2.75, 3.05) is 6.61 Å². The van der Waals surface area contributed by atoms with E-state index in [2.05, 4.69) is 5.32 Å². The normalized spacial score (nSPS) is 24.4. The van der Waals surface area contributed by atoms with Crippen LogP contribution in [0.4, 0.5) is 4.79 Å². The zero-order valence-electron chi connectivity index (χ0n) is 9.70. The molecule has 0 aromatic rings. The Kier molecular flexibility index (Phi) is 3.42. The number of alkyl carbamates (subject to hydrolysis) is 1. The molecule has 0 unspecified atom stereocenters. The van der Waals surface area contributed by atoms with Crippen molar-refractivity contribution >= 4 is 12.1 Å². The largest absolute Gasteiger partial charge is 0.481 e. The topological polar surface area (TPSA) is 84.9 Å². The van der Waals surface area contributed by atoms with Crippen LogP contribution < -0.4 is 5.32 Å². The fourth-order valence-electron chi connectivity index (χ4n) is 1.36. The number of carbonyl (C=O) groups excluding carboxylic acids is 1. The van der Waals surface area contributed by atoms with Crippen molar-refractivity contribution < 1.29 is 24.2 Å². The van der Waals surface area contributed by atoms with Gasteiger partial charge in [-0.3, -0.25) is 10.1 Å². The van der Waals surface area contributed by atoms with Crippen molar-refractivity contribution in [2.24, 2.45) is 0 Å². The first-order chi connectivity index (χ1) is 7.22. The minimum atomic E-state index is -1.09. The summed E-state index contributed by atoms with van der Waals surface area (Å²) in [6.45, 7) is 5.65. The number of hydrogen-bond acceptors (Lipinski definition) is 4. The van der Waals surface area contributed by atoms with Gasteiger partial charge in [0.15, 0.2) is 5.72 Å². The van der Waals surface area contributed by atoms with Crippen molar-refractivity contribution in [1.29, 1.82) is 0 Å². The first-order valence-corrected chi connectivity index (χ1v) is 5.09. The SMILES string of the molecule is CC(C)(C)OC(=O)N[C@@]1(CC(=O)O)CCO1. The van der Waals surface area contributed by atoms with Crippen molar-refractivity contribution in [2.45, 2.75) is 44.9 Å². The molecule has 0 radical (unpaired) electrons. The van der Waals surface area contributed by atoms with Crippen LogP contribution in [0.1, 0.15) is 33.6 Å². The van der Waals surface area contributed by atoms with Crippen LogP contribution in [-0.4, -0.2) is 35.1 Å². The molecule has 2 N–H and O–H groups in total. The van der Waals surface area contributed by atoms with Crippen molar-refractivity contribution in [3.05, 3.63) is 0 Å². The number of hydrogen-bond donors (Lipinski definition) is 2. The van der Waals surface area contributed by atoms with E-state index in [1.54, 1.807) is 20.8 Å².